The van der Waals surface area contributed by atoms with Gasteiger partial charge in [-0.1, -0.05) is 11.6 Å². The molecule has 3 rings (SSSR count). The van der Waals surface area contributed by atoms with E-state index in [1.165, 1.54) is 6.33 Å². The van der Waals surface area contributed by atoms with Gasteiger partial charge in [-0.05, 0) is 38.5 Å². The second-order valence-corrected chi connectivity index (χ2v) is 5.76. The molecule has 0 radical (unpaired) electrons. The van der Waals surface area contributed by atoms with Crippen LogP contribution in [0.25, 0.3) is 5.78 Å². The summed E-state index contributed by atoms with van der Waals surface area (Å²) in [6, 6.07) is 0. The Labute approximate surface area is 122 Å². The van der Waals surface area contributed by atoms with E-state index in [2.05, 4.69) is 20.4 Å². The fourth-order valence-corrected chi connectivity index (χ4v) is 2.86. The first kappa shape index (κ1) is 13.6. The van der Waals surface area contributed by atoms with Crippen molar-refractivity contribution < 1.29 is 5.11 Å². The smallest absolute Gasteiger partial charge is 0.255 e. The molecular formula is C13H18ClN5O. The van der Waals surface area contributed by atoms with Crippen molar-refractivity contribution in [1.82, 2.24) is 19.6 Å². The Morgan fingerprint density at radius 1 is 1.40 bits per heavy atom. The summed E-state index contributed by atoms with van der Waals surface area (Å²) >= 11 is 6.13. The molecule has 1 fully saturated rings. The minimum Gasteiger partial charge on any atom is -0.393 e. The number of aromatic nitrogens is 4. The predicted molar refractivity (Wildman–Crippen MR) is 77.0 cm³/mol. The highest BCUT2D eigenvalue weighted by atomic mass is 35.5. The zero-order valence-corrected chi connectivity index (χ0v) is 12.1. The minimum atomic E-state index is -0.120. The van der Waals surface area contributed by atoms with Gasteiger partial charge in [-0.2, -0.15) is 19.6 Å². The van der Waals surface area contributed by atoms with Crippen LogP contribution in [0.3, 0.4) is 0 Å². The maximum atomic E-state index is 9.54. The van der Waals surface area contributed by atoms with E-state index in [0.717, 1.165) is 43.6 Å². The molecule has 0 saturated heterocycles. The van der Waals surface area contributed by atoms with Crippen molar-refractivity contribution in [3.8, 4) is 0 Å². The number of nitrogens with one attached hydrogen (secondary N) is 1. The van der Waals surface area contributed by atoms with Crippen molar-refractivity contribution in [2.24, 2.45) is 5.92 Å². The summed E-state index contributed by atoms with van der Waals surface area (Å²) in [5.74, 6) is 1.93. The van der Waals surface area contributed by atoms with Gasteiger partial charge in [0.2, 0.25) is 0 Å². The molecule has 1 saturated carbocycles. The van der Waals surface area contributed by atoms with Crippen LogP contribution in [0.2, 0.25) is 5.15 Å². The van der Waals surface area contributed by atoms with Crippen LogP contribution in [-0.2, 0) is 0 Å². The number of nitrogens with zero attached hydrogens (tertiary/aromatic N) is 4. The number of halogens is 1. The first-order chi connectivity index (χ1) is 9.65. The molecule has 2 heterocycles. The van der Waals surface area contributed by atoms with Crippen LogP contribution < -0.4 is 5.32 Å². The van der Waals surface area contributed by atoms with E-state index in [1.54, 1.807) is 4.52 Å². The molecule has 0 aromatic carbocycles. The van der Waals surface area contributed by atoms with Crippen molar-refractivity contribution in [1.29, 1.82) is 0 Å². The highest BCUT2D eigenvalue weighted by Crippen LogP contribution is 2.26. The van der Waals surface area contributed by atoms with Crippen molar-refractivity contribution in [2.45, 2.75) is 38.7 Å². The highest BCUT2D eigenvalue weighted by molar-refractivity contribution is 6.30. The standard InChI is InChI=1S/C13H18ClN5O/c1-8-11(14)18-13-16-7-17-19(13)12(8)15-6-9-2-4-10(20)5-3-9/h7,9-10,15,20H,2-6H2,1H3. The topological polar surface area (TPSA) is 75.3 Å². The van der Waals surface area contributed by atoms with Crippen LogP contribution in [-0.4, -0.2) is 37.3 Å². The first-order valence-electron chi connectivity index (χ1n) is 6.93. The average molecular weight is 296 g/mol. The Morgan fingerprint density at radius 2 is 2.15 bits per heavy atom. The molecule has 0 amide bonds. The van der Waals surface area contributed by atoms with E-state index < -0.39 is 0 Å². The minimum absolute atomic E-state index is 0.120. The van der Waals surface area contributed by atoms with Gasteiger partial charge in [-0.3, -0.25) is 0 Å². The summed E-state index contributed by atoms with van der Waals surface area (Å²) in [4.78, 5) is 8.25. The summed E-state index contributed by atoms with van der Waals surface area (Å²) in [6.45, 7) is 2.77. The van der Waals surface area contributed by atoms with Crippen molar-refractivity contribution in [2.75, 3.05) is 11.9 Å². The number of fused-ring (bicyclic) bond motifs is 1. The number of rotatable bonds is 3. The van der Waals surface area contributed by atoms with E-state index in [1.807, 2.05) is 6.92 Å². The molecule has 2 N–H and O–H groups in total. The monoisotopic (exact) mass is 295 g/mol. The summed E-state index contributed by atoms with van der Waals surface area (Å²) in [7, 11) is 0. The Hall–Kier alpha value is -1.40. The molecule has 1 aliphatic rings. The molecule has 2 aromatic rings. The second kappa shape index (κ2) is 5.54. The van der Waals surface area contributed by atoms with Crippen LogP contribution in [0, 0.1) is 12.8 Å². The molecule has 0 bridgehead atoms. The van der Waals surface area contributed by atoms with Gasteiger partial charge in [0, 0.05) is 12.1 Å². The van der Waals surface area contributed by atoms with Gasteiger partial charge in [0.05, 0.1) is 6.10 Å². The van der Waals surface area contributed by atoms with Crippen LogP contribution in [0.5, 0.6) is 0 Å². The number of hydrogen-bond acceptors (Lipinski definition) is 5. The van der Waals surface area contributed by atoms with Gasteiger partial charge in [-0.15, -0.1) is 0 Å². The maximum Gasteiger partial charge on any atom is 0.255 e. The Kier molecular flexibility index (Phi) is 3.76. The largest absolute Gasteiger partial charge is 0.393 e. The summed E-state index contributed by atoms with van der Waals surface area (Å²) in [6.07, 6.45) is 5.23. The first-order valence-corrected chi connectivity index (χ1v) is 7.30. The number of aliphatic hydroxyl groups is 1. The zero-order chi connectivity index (χ0) is 14.1. The molecule has 0 aliphatic heterocycles. The van der Waals surface area contributed by atoms with Gasteiger partial charge in [0.15, 0.2) is 0 Å². The van der Waals surface area contributed by atoms with Crippen molar-refractivity contribution in [3.63, 3.8) is 0 Å². The molecule has 108 valence electrons. The van der Waals surface area contributed by atoms with Gasteiger partial charge < -0.3 is 10.4 Å². The van der Waals surface area contributed by atoms with Gasteiger partial charge in [0.1, 0.15) is 17.3 Å². The van der Waals surface area contributed by atoms with Gasteiger partial charge in [-0.25, -0.2) is 0 Å². The predicted octanol–water partition coefficient (Wildman–Crippen LogP) is 2.05. The van der Waals surface area contributed by atoms with Gasteiger partial charge >= 0.3 is 0 Å². The molecule has 6 nitrogen and oxygen atoms in total. The second-order valence-electron chi connectivity index (χ2n) is 5.40. The van der Waals surface area contributed by atoms with E-state index in [-0.39, 0.29) is 6.10 Å². The van der Waals surface area contributed by atoms with E-state index in [9.17, 15) is 5.11 Å². The third kappa shape index (κ3) is 2.58. The summed E-state index contributed by atoms with van der Waals surface area (Å²) in [5, 5.41) is 17.6. The van der Waals surface area contributed by atoms with E-state index in [4.69, 9.17) is 11.6 Å². The molecule has 2 aromatic heterocycles. The third-order valence-electron chi connectivity index (χ3n) is 3.98. The Bertz CT molecular complexity index is 606. The molecule has 1 aliphatic carbocycles. The lowest BCUT2D eigenvalue weighted by molar-refractivity contribution is 0.111. The molecule has 0 spiro atoms. The average Bonchev–Trinajstić information content (AvgIpc) is 2.89. The van der Waals surface area contributed by atoms with Crippen LogP contribution in [0.1, 0.15) is 31.2 Å². The summed E-state index contributed by atoms with van der Waals surface area (Å²) < 4.78 is 1.68. The number of aliphatic hydroxyl groups excluding tert-OH is 1. The van der Waals surface area contributed by atoms with E-state index >= 15 is 0 Å². The van der Waals surface area contributed by atoms with Crippen LogP contribution in [0.15, 0.2) is 6.33 Å². The zero-order valence-electron chi connectivity index (χ0n) is 11.4. The van der Waals surface area contributed by atoms with Crippen molar-refractivity contribution >= 4 is 23.2 Å². The quantitative estimate of drug-likeness (QED) is 0.848. The molecule has 0 unspecified atom stereocenters. The number of hydrogen-bond donors (Lipinski definition) is 2. The Balaban J connectivity index is 1.77. The van der Waals surface area contributed by atoms with Crippen molar-refractivity contribution in [3.05, 3.63) is 17.0 Å². The molecular weight excluding hydrogens is 278 g/mol. The SMILES string of the molecule is Cc1c(Cl)nc2ncnn2c1NCC1CCC(O)CC1. The van der Waals surface area contributed by atoms with Crippen LogP contribution >= 0.6 is 11.6 Å². The van der Waals surface area contributed by atoms with Crippen LogP contribution in [0.4, 0.5) is 5.82 Å². The fraction of sp³-hybridized carbons (Fsp3) is 0.615. The lowest BCUT2D eigenvalue weighted by Crippen LogP contribution is -2.24. The highest BCUT2D eigenvalue weighted by Gasteiger charge is 2.20. The third-order valence-corrected chi connectivity index (χ3v) is 4.35. The maximum absolute atomic E-state index is 9.54. The molecule has 7 heteroatoms. The fourth-order valence-electron chi connectivity index (χ4n) is 2.70. The molecule has 20 heavy (non-hydrogen) atoms. The van der Waals surface area contributed by atoms with Gasteiger partial charge in [0.25, 0.3) is 5.78 Å². The molecule has 0 atom stereocenters. The summed E-state index contributed by atoms with van der Waals surface area (Å²) in [5.41, 5.74) is 0.875. The van der Waals surface area contributed by atoms with E-state index in [0.29, 0.717) is 16.8 Å². The Morgan fingerprint density at radius 3 is 2.90 bits per heavy atom. The number of anilines is 1. The lowest BCUT2D eigenvalue weighted by Gasteiger charge is -2.26. The lowest BCUT2D eigenvalue weighted by atomic mass is 9.87. The normalized spacial score (nSPS) is 23.1.